The van der Waals surface area contributed by atoms with Crippen LogP contribution in [0, 0.1) is 5.92 Å². The molecule has 0 aliphatic carbocycles. The van der Waals surface area contributed by atoms with E-state index in [0.29, 0.717) is 13.2 Å². The number of aromatic nitrogens is 2. The molecule has 0 radical (unpaired) electrons. The molecule has 1 aliphatic rings. The molecule has 1 fully saturated rings. The molecule has 2 N–H and O–H groups in total. The van der Waals surface area contributed by atoms with Gasteiger partial charge in [0.25, 0.3) is 0 Å². The Hall–Kier alpha value is -0.950. The Balaban J connectivity index is 1.72. The minimum Gasteiger partial charge on any atom is -0.394 e. The molecule has 114 valence electrons. The van der Waals surface area contributed by atoms with Gasteiger partial charge in [-0.25, -0.2) is 4.98 Å². The Morgan fingerprint density at radius 2 is 2.15 bits per heavy atom. The lowest BCUT2D eigenvalue weighted by atomic mass is 9.91. The molecule has 2 heterocycles. The van der Waals surface area contributed by atoms with Gasteiger partial charge in [0.1, 0.15) is 11.9 Å². The second kappa shape index (κ2) is 7.73. The van der Waals surface area contributed by atoms with Gasteiger partial charge >= 0.3 is 0 Å². The smallest absolute Gasteiger partial charge is 0.137 e. The van der Waals surface area contributed by atoms with Gasteiger partial charge in [-0.15, -0.1) is 0 Å². The second-order valence-electron chi connectivity index (χ2n) is 5.36. The molecule has 6 heteroatoms. The molecular weight excluding hydrogens is 258 g/mol. The van der Waals surface area contributed by atoms with Gasteiger partial charge in [0, 0.05) is 26.0 Å². The summed E-state index contributed by atoms with van der Waals surface area (Å²) in [6.07, 6.45) is 5.09. The van der Waals surface area contributed by atoms with Gasteiger partial charge in [-0.2, -0.15) is 0 Å². The van der Waals surface area contributed by atoms with Crippen molar-refractivity contribution in [3.8, 4) is 0 Å². The molecular formula is C14H25N3O3. The van der Waals surface area contributed by atoms with Crippen LogP contribution in [0.4, 0.5) is 0 Å². The molecule has 1 aliphatic heterocycles. The molecule has 1 unspecified atom stereocenters. The molecule has 1 aromatic heterocycles. The number of rotatable bonds is 7. The second-order valence-corrected chi connectivity index (χ2v) is 5.36. The number of aliphatic hydroxyl groups is 2. The zero-order valence-electron chi connectivity index (χ0n) is 12.1. The van der Waals surface area contributed by atoms with Gasteiger partial charge in [0.05, 0.1) is 19.8 Å². The fourth-order valence-corrected chi connectivity index (χ4v) is 2.73. The molecule has 1 saturated heterocycles. The maximum absolute atomic E-state index is 10.4. The average molecular weight is 283 g/mol. The average Bonchev–Trinajstić information content (AvgIpc) is 2.90. The highest BCUT2D eigenvalue weighted by molar-refractivity contribution is 4.98. The lowest BCUT2D eigenvalue weighted by molar-refractivity contribution is 0.0334. The van der Waals surface area contributed by atoms with Crippen molar-refractivity contribution in [1.29, 1.82) is 0 Å². The predicted octanol–water partition coefficient (Wildman–Crippen LogP) is 0.174. The number of aliphatic hydroxyl groups excluding tert-OH is 2. The largest absolute Gasteiger partial charge is 0.394 e. The number of ether oxygens (including phenoxy) is 1. The molecule has 1 atom stereocenters. The number of hydrogen-bond acceptors (Lipinski definition) is 5. The van der Waals surface area contributed by atoms with Crippen LogP contribution in [0.5, 0.6) is 0 Å². The third-order valence-electron chi connectivity index (χ3n) is 3.99. The predicted molar refractivity (Wildman–Crippen MR) is 75.2 cm³/mol. The van der Waals surface area contributed by atoms with Crippen molar-refractivity contribution in [2.45, 2.75) is 18.9 Å². The molecule has 0 amide bonds. The minimum absolute atomic E-state index is 0.0813. The maximum Gasteiger partial charge on any atom is 0.137 e. The van der Waals surface area contributed by atoms with Gasteiger partial charge in [0.2, 0.25) is 0 Å². The molecule has 0 spiro atoms. The van der Waals surface area contributed by atoms with E-state index in [0.717, 1.165) is 38.3 Å². The number of piperidine rings is 1. The highest BCUT2D eigenvalue weighted by Gasteiger charge is 2.28. The van der Waals surface area contributed by atoms with E-state index >= 15 is 0 Å². The molecule has 0 aromatic carbocycles. The number of hydrogen-bond donors (Lipinski definition) is 2. The summed E-state index contributed by atoms with van der Waals surface area (Å²) in [5.41, 5.74) is 0. The summed E-state index contributed by atoms with van der Waals surface area (Å²) in [7, 11) is 1.92. The van der Waals surface area contributed by atoms with Crippen molar-refractivity contribution in [3.63, 3.8) is 0 Å². The number of imidazole rings is 1. The van der Waals surface area contributed by atoms with E-state index in [1.54, 1.807) is 6.20 Å². The lowest BCUT2D eigenvalue weighted by Gasteiger charge is -2.33. The monoisotopic (exact) mass is 283 g/mol. The van der Waals surface area contributed by atoms with Crippen LogP contribution < -0.4 is 0 Å². The first-order valence-electron chi connectivity index (χ1n) is 7.28. The first-order valence-corrected chi connectivity index (χ1v) is 7.28. The van der Waals surface area contributed by atoms with Gasteiger partial charge in [-0.1, -0.05) is 0 Å². The fourth-order valence-electron chi connectivity index (χ4n) is 2.73. The van der Waals surface area contributed by atoms with Crippen LogP contribution in [0.15, 0.2) is 12.4 Å². The maximum atomic E-state index is 10.4. The van der Waals surface area contributed by atoms with Gasteiger partial charge < -0.3 is 24.4 Å². The zero-order valence-corrected chi connectivity index (χ0v) is 12.1. The van der Waals surface area contributed by atoms with Crippen molar-refractivity contribution in [2.24, 2.45) is 13.0 Å². The standard InChI is InChI=1S/C14H25N3O3/c1-16-7-4-15-14(16)13(19)12-2-5-17(6-3-12)8-10-20-11-9-18/h4,7,12-13,18-19H,2-3,5-6,8-11H2,1H3. The molecule has 20 heavy (non-hydrogen) atoms. The van der Waals surface area contributed by atoms with E-state index in [2.05, 4.69) is 9.88 Å². The number of likely N-dealkylation sites (tertiary alicyclic amines) is 1. The summed E-state index contributed by atoms with van der Waals surface area (Å²) < 4.78 is 7.17. The van der Waals surface area contributed by atoms with Crippen molar-refractivity contribution in [1.82, 2.24) is 14.5 Å². The third kappa shape index (κ3) is 4.02. The summed E-state index contributed by atoms with van der Waals surface area (Å²) in [5, 5.41) is 19.0. The van der Waals surface area contributed by atoms with Crippen molar-refractivity contribution >= 4 is 0 Å². The van der Waals surface area contributed by atoms with E-state index < -0.39 is 6.10 Å². The summed E-state index contributed by atoms with van der Waals surface area (Å²) in [6, 6.07) is 0. The molecule has 0 bridgehead atoms. The third-order valence-corrected chi connectivity index (χ3v) is 3.99. The molecule has 2 rings (SSSR count). The first-order chi connectivity index (χ1) is 9.72. The van der Waals surface area contributed by atoms with E-state index in [1.807, 2.05) is 17.8 Å². The Kier molecular flexibility index (Phi) is 5.97. The molecule has 1 aromatic rings. The number of aryl methyl sites for hydroxylation is 1. The van der Waals surface area contributed by atoms with E-state index in [9.17, 15) is 5.11 Å². The summed E-state index contributed by atoms with van der Waals surface area (Å²) in [5.74, 6) is 1.04. The van der Waals surface area contributed by atoms with Crippen molar-refractivity contribution in [2.75, 3.05) is 39.5 Å². The normalized spacial score (nSPS) is 19.4. The van der Waals surface area contributed by atoms with Crippen LogP contribution >= 0.6 is 0 Å². The highest BCUT2D eigenvalue weighted by atomic mass is 16.5. The van der Waals surface area contributed by atoms with Crippen LogP contribution in [0.3, 0.4) is 0 Å². The highest BCUT2D eigenvalue weighted by Crippen LogP contribution is 2.29. The van der Waals surface area contributed by atoms with E-state index in [-0.39, 0.29) is 12.5 Å². The Labute approximate surface area is 120 Å². The van der Waals surface area contributed by atoms with E-state index in [1.165, 1.54) is 0 Å². The van der Waals surface area contributed by atoms with Crippen LogP contribution in [0.1, 0.15) is 24.8 Å². The van der Waals surface area contributed by atoms with Gasteiger partial charge in [-0.3, -0.25) is 0 Å². The first kappa shape index (κ1) is 15.4. The fraction of sp³-hybridized carbons (Fsp3) is 0.786. The number of nitrogens with zero attached hydrogens (tertiary/aromatic N) is 3. The lowest BCUT2D eigenvalue weighted by Crippen LogP contribution is -2.38. The van der Waals surface area contributed by atoms with Gasteiger partial charge in [0.15, 0.2) is 0 Å². The SMILES string of the molecule is Cn1ccnc1C(O)C1CCN(CCOCCO)CC1. The summed E-state index contributed by atoms with van der Waals surface area (Å²) in [6.45, 7) is 4.01. The zero-order chi connectivity index (χ0) is 14.4. The van der Waals surface area contributed by atoms with Gasteiger partial charge in [-0.05, 0) is 31.8 Å². The Morgan fingerprint density at radius 1 is 1.40 bits per heavy atom. The minimum atomic E-state index is -0.470. The summed E-state index contributed by atoms with van der Waals surface area (Å²) >= 11 is 0. The summed E-state index contributed by atoms with van der Waals surface area (Å²) in [4.78, 5) is 6.58. The van der Waals surface area contributed by atoms with Crippen molar-refractivity contribution < 1.29 is 14.9 Å². The van der Waals surface area contributed by atoms with Crippen LogP contribution in [-0.2, 0) is 11.8 Å². The molecule has 6 nitrogen and oxygen atoms in total. The molecule has 0 saturated carbocycles. The van der Waals surface area contributed by atoms with Crippen LogP contribution in [-0.4, -0.2) is 64.1 Å². The van der Waals surface area contributed by atoms with Crippen molar-refractivity contribution in [3.05, 3.63) is 18.2 Å². The van der Waals surface area contributed by atoms with Crippen LogP contribution in [0.2, 0.25) is 0 Å². The van der Waals surface area contributed by atoms with E-state index in [4.69, 9.17) is 9.84 Å². The van der Waals surface area contributed by atoms with Crippen LogP contribution in [0.25, 0.3) is 0 Å². The Morgan fingerprint density at radius 3 is 2.75 bits per heavy atom. The Bertz CT molecular complexity index is 389. The quantitative estimate of drug-likeness (QED) is 0.698. The topological polar surface area (TPSA) is 70.8 Å².